The molecule has 1 aromatic carbocycles. The van der Waals surface area contributed by atoms with Crippen molar-refractivity contribution in [3.63, 3.8) is 0 Å². The lowest BCUT2D eigenvalue weighted by molar-refractivity contribution is 0.0621. The highest BCUT2D eigenvalue weighted by molar-refractivity contribution is 6.05. The zero-order valence-corrected chi connectivity index (χ0v) is 13.9. The summed E-state index contributed by atoms with van der Waals surface area (Å²) < 4.78 is 5.36. The molecule has 0 spiro atoms. The highest BCUT2D eigenvalue weighted by Gasteiger charge is 2.35. The Labute approximate surface area is 140 Å². The number of carbonyl (C=O) groups is 1. The maximum absolute atomic E-state index is 12.7. The van der Waals surface area contributed by atoms with E-state index in [0.717, 1.165) is 25.2 Å². The van der Waals surface area contributed by atoms with Crippen molar-refractivity contribution in [3.8, 4) is 0 Å². The predicted octanol–water partition coefficient (Wildman–Crippen LogP) is 1.96. The minimum atomic E-state index is -0.0826. The predicted molar refractivity (Wildman–Crippen MR) is 90.8 cm³/mol. The fourth-order valence-corrected chi connectivity index (χ4v) is 3.73. The smallest absolute Gasteiger partial charge is 0.293 e. The minimum Gasteiger partial charge on any atom is -0.424 e. The van der Waals surface area contributed by atoms with E-state index in [-0.39, 0.29) is 30.4 Å². The number of aromatic nitrogens is 1. The van der Waals surface area contributed by atoms with E-state index in [1.165, 1.54) is 12.8 Å². The Hall–Kier alpha value is -1.79. The van der Waals surface area contributed by atoms with Crippen molar-refractivity contribution in [2.75, 3.05) is 25.4 Å². The molecule has 2 bridgehead atoms. The quantitative estimate of drug-likeness (QED) is 0.875. The number of hydrogen-bond acceptors (Lipinski definition) is 5. The van der Waals surface area contributed by atoms with E-state index >= 15 is 0 Å². The second-order valence-corrected chi connectivity index (χ2v) is 6.43. The van der Waals surface area contributed by atoms with E-state index < -0.39 is 0 Å². The second-order valence-electron chi connectivity index (χ2n) is 6.43. The molecule has 6 nitrogen and oxygen atoms in total. The van der Waals surface area contributed by atoms with Gasteiger partial charge in [-0.25, -0.2) is 0 Å². The molecule has 1 unspecified atom stereocenters. The van der Waals surface area contributed by atoms with E-state index in [1.807, 2.05) is 19.1 Å². The first-order chi connectivity index (χ1) is 10.6. The van der Waals surface area contributed by atoms with E-state index in [0.29, 0.717) is 22.6 Å². The molecule has 3 aliphatic heterocycles. The molecule has 5 rings (SSSR count). The van der Waals surface area contributed by atoms with Crippen LogP contribution in [0.4, 0.5) is 6.01 Å². The Morgan fingerprint density at radius 3 is 2.78 bits per heavy atom. The Kier molecular flexibility index (Phi) is 4.21. The molecule has 1 aromatic heterocycles. The molecular weight excluding hydrogens is 316 g/mol. The number of amides is 1. The third-order valence-electron chi connectivity index (χ3n) is 4.87. The zero-order valence-electron chi connectivity index (χ0n) is 13.0. The molecule has 4 heterocycles. The van der Waals surface area contributed by atoms with Crippen molar-refractivity contribution in [2.24, 2.45) is 5.92 Å². The van der Waals surface area contributed by atoms with E-state index in [4.69, 9.17) is 10.2 Å². The van der Waals surface area contributed by atoms with Crippen LogP contribution in [-0.2, 0) is 0 Å². The van der Waals surface area contributed by atoms with Crippen molar-refractivity contribution in [1.82, 2.24) is 15.2 Å². The summed E-state index contributed by atoms with van der Waals surface area (Å²) in [5.74, 6) is 0.511. The number of fused-ring (bicyclic) bond motifs is 4. The number of nitrogen functional groups attached to an aromatic ring is 1. The summed E-state index contributed by atoms with van der Waals surface area (Å²) in [5.41, 5.74) is 8.25. The fourth-order valence-electron chi connectivity index (χ4n) is 3.73. The number of piperidine rings is 3. The summed E-state index contributed by atoms with van der Waals surface area (Å²) in [7, 11) is 0. The summed E-state index contributed by atoms with van der Waals surface area (Å²) in [6.45, 7) is 5.20. The highest BCUT2D eigenvalue weighted by atomic mass is 35.5. The van der Waals surface area contributed by atoms with Crippen LogP contribution >= 0.6 is 12.4 Å². The van der Waals surface area contributed by atoms with Gasteiger partial charge in [0.05, 0.1) is 5.56 Å². The number of benzene rings is 1. The van der Waals surface area contributed by atoms with E-state index in [1.54, 1.807) is 0 Å². The largest absolute Gasteiger partial charge is 0.424 e. The molecule has 1 amide bonds. The van der Waals surface area contributed by atoms with Crippen LogP contribution in [0.1, 0.15) is 28.8 Å². The molecular formula is C16H21ClN4O2. The molecule has 3 aliphatic rings. The number of aryl methyl sites for hydroxylation is 1. The molecule has 124 valence electrons. The number of rotatable bonds is 2. The van der Waals surface area contributed by atoms with Gasteiger partial charge >= 0.3 is 0 Å². The number of anilines is 1. The van der Waals surface area contributed by atoms with Crippen LogP contribution in [0, 0.1) is 12.8 Å². The Morgan fingerprint density at radius 1 is 1.39 bits per heavy atom. The molecule has 3 N–H and O–H groups in total. The average molecular weight is 337 g/mol. The Morgan fingerprint density at radius 2 is 2.13 bits per heavy atom. The van der Waals surface area contributed by atoms with Gasteiger partial charge in [-0.3, -0.25) is 4.79 Å². The summed E-state index contributed by atoms with van der Waals surface area (Å²) in [4.78, 5) is 19.3. The number of nitrogens with one attached hydrogen (secondary N) is 1. The second kappa shape index (κ2) is 6.02. The molecule has 3 fully saturated rings. The maximum atomic E-state index is 12.7. The standard InChI is InChI=1S/C16H20N4O2.ClH/c1-9-6-11(14-13(7-9)22-16(17)19-14)15(21)18-12-8-20-4-2-10(12)3-5-20;/h6-7,10,12H,2-5,8H2,1H3,(H2,17,19)(H,18,21);1H. The molecule has 2 aromatic rings. The first-order valence-electron chi connectivity index (χ1n) is 7.80. The number of hydrogen-bond donors (Lipinski definition) is 2. The van der Waals surface area contributed by atoms with Crippen LogP contribution in [0.15, 0.2) is 16.5 Å². The van der Waals surface area contributed by atoms with Gasteiger partial charge in [0.2, 0.25) is 0 Å². The van der Waals surface area contributed by atoms with Crippen molar-refractivity contribution < 1.29 is 9.21 Å². The SMILES string of the molecule is Cc1cc(C(=O)NC2CN3CCC2CC3)c2nc(N)oc2c1.Cl. The van der Waals surface area contributed by atoms with Crippen molar-refractivity contribution in [1.29, 1.82) is 0 Å². The summed E-state index contributed by atoms with van der Waals surface area (Å²) >= 11 is 0. The van der Waals surface area contributed by atoms with Gasteiger partial charge in [0, 0.05) is 12.6 Å². The van der Waals surface area contributed by atoms with E-state index in [9.17, 15) is 4.79 Å². The number of nitrogens with two attached hydrogens (primary N) is 1. The third kappa shape index (κ3) is 2.88. The lowest BCUT2D eigenvalue weighted by Gasteiger charge is -2.44. The maximum Gasteiger partial charge on any atom is 0.293 e. The molecule has 0 aliphatic carbocycles. The van der Waals surface area contributed by atoms with Crippen LogP contribution in [0.2, 0.25) is 0 Å². The monoisotopic (exact) mass is 336 g/mol. The Bertz CT molecular complexity index is 737. The average Bonchev–Trinajstić information content (AvgIpc) is 2.87. The van der Waals surface area contributed by atoms with Gasteiger partial charge < -0.3 is 20.4 Å². The molecule has 1 atom stereocenters. The molecule has 0 saturated carbocycles. The highest BCUT2D eigenvalue weighted by Crippen LogP contribution is 2.28. The van der Waals surface area contributed by atoms with Gasteiger partial charge in [-0.1, -0.05) is 0 Å². The normalized spacial score (nSPS) is 26.0. The van der Waals surface area contributed by atoms with Crippen LogP contribution in [0.5, 0.6) is 0 Å². The minimum absolute atomic E-state index is 0. The van der Waals surface area contributed by atoms with Crippen LogP contribution in [0.25, 0.3) is 11.1 Å². The zero-order chi connectivity index (χ0) is 15.3. The fraction of sp³-hybridized carbons (Fsp3) is 0.500. The van der Waals surface area contributed by atoms with Crippen LogP contribution in [-0.4, -0.2) is 41.5 Å². The summed E-state index contributed by atoms with van der Waals surface area (Å²) in [6.07, 6.45) is 2.34. The van der Waals surface area contributed by atoms with Crippen LogP contribution < -0.4 is 11.1 Å². The third-order valence-corrected chi connectivity index (χ3v) is 4.87. The number of oxazole rings is 1. The van der Waals surface area contributed by atoms with Gasteiger partial charge in [-0.2, -0.15) is 4.98 Å². The van der Waals surface area contributed by atoms with Gasteiger partial charge in [-0.15, -0.1) is 12.4 Å². The first-order valence-corrected chi connectivity index (χ1v) is 7.80. The molecule has 23 heavy (non-hydrogen) atoms. The van der Waals surface area contributed by atoms with Crippen LogP contribution in [0.3, 0.4) is 0 Å². The van der Waals surface area contributed by atoms with E-state index in [2.05, 4.69) is 15.2 Å². The van der Waals surface area contributed by atoms with Gasteiger partial charge in [0.25, 0.3) is 11.9 Å². The van der Waals surface area contributed by atoms with Gasteiger partial charge in [0.15, 0.2) is 5.58 Å². The van der Waals surface area contributed by atoms with Gasteiger partial charge in [0.1, 0.15) is 5.52 Å². The Balaban J connectivity index is 0.00000156. The summed E-state index contributed by atoms with van der Waals surface area (Å²) in [6, 6.07) is 4.03. The lowest BCUT2D eigenvalue weighted by atomic mass is 9.84. The van der Waals surface area contributed by atoms with Crippen molar-refractivity contribution in [3.05, 3.63) is 23.3 Å². The summed E-state index contributed by atoms with van der Waals surface area (Å²) in [5, 5.41) is 3.19. The number of halogens is 1. The molecule has 3 saturated heterocycles. The molecule has 7 heteroatoms. The lowest BCUT2D eigenvalue weighted by Crippen LogP contribution is -2.57. The first kappa shape index (κ1) is 16.1. The topological polar surface area (TPSA) is 84.4 Å². The van der Waals surface area contributed by atoms with Gasteiger partial charge in [-0.05, 0) is 56.5 Å². The van der Waals surface area contributed by atoms with Crippen molar-refractivity contribution in [2.45, 2.75) is 25.8 Å². The number of carbonyl (C=O) groups excluding carboxylic acids is 1. The molecule has 0 radical (unpaired) electrons. The van der Waals surface area contributed by atoms with Crippen molar-refractivity contribution >= 4 is 35.4 Å². The number of nitrogens with zero attached hydrogens (tertiary/aromatic N) is 2.